The van der Waals surface area contributed by atoms with Crippen molar-refractivity contribution in [3.8, 4) is 0 Å². The third-order valence-electron chi connectivity index (χ3n) is 3.30. The van der Waals surface area contributed by atoms with Gasteiger partial charge in [0.15, 0.2) is 5.78 Å². The van der Waals surface area contributed by atoms with E-state index >= 15 is 0 Å². The van der Waals surface area contributed by atoms with Gasteiger partial charge in [-0.2, -0.15) is 5.10 Å². The van der Waals surface area contributed by atoms with Crippen LogP contribution in [0.1, 0.15) is 40.7 Å². The Hall–Kier alpha value is -1.32. The van der Waals surface area contributed by atoms with Gasteiger partial charge in [-0.05, 0) is 31.5 Å². The van der Waals surface area contributed by atoms with E-state index < -0.39 is 0 Å². The number of halogens is 2. The predicted molar refractivity (Wildman–Crippen MR) is 81.9 cm³/mol. The molecule has 0 spiro atoms. The normalized spacial score (nSPS) is 10.8. The minimum Gasteiger partial charge on any atom is -0.294 e. The fourth-order valence-electron chi connectivity index (χ4n) is 2.24. The Kier molecular flexibility index (Phi) is 4.51. The molecule has 1 heterocycles. The standard InChI is InChI=1S/C15H16Cl2N2O/c1-4-14(20)15-9(2)18-19(10(15)3)8-11-5-6-12(16)13(17)7-11/h5-7H,4,8H2,1-3H3. The lowest BCUT2D eigenvalue weighted by atomic mass is 10.1. The molecule has 106 valence electrons. The smallest absolute Gasteiger partial charge is 0.166 e. The van der Waals surface area contributed by atoms with Crippen LogP contribution in [0.5, 0.6) is 0 Å². The van der Waals surface area contributed by atoms with Crippen molar-refractivity contribution in [1.29, 1.82) is 0 Å². The molecule has 0 saturated heterocycles. The number of carbonyl (C=O) groups excluding carboxylic acids is 1. The number of hydrogen-bond donors (Lipinski definition) is 0. The largest absolute Gasteiger partial charge is 0.294 e. The van der Waals surface area contributed by atoms with Crippen molar-refractivity contribution in [1.82, 2.24) is 9.78 Å². The van der Waals surface area contributed by atoms with Crippen LogP contribution in [-0.4, -0.2) is 15.6 Å². The average Bonchev–Trinajstić information content (AvgIpc) is 2.68. The Morgan fingerprint density at radius 2 is 1.95 bits per heavy atom. The second-order valence-corrected chi connectivity index (χ2v) is 5.54. The van der Waals surface area contributed by atoms with Gasteiger partial charge in [0, 0.05) is 12.1 Å². The summed E-state index contributed by atoms with van der Waals surface area (Å²) in [7, 11) is 0. The third-order valence-corrected chi connectivity index (χ3v) is 4.04. The predicted octanol–water partition coefficient (Wildman–Crippen LogP) is 4.45. The Morgan fingerprint density at radius 1 is 1.25 bits per heavy atom. The van der Waals surface area contributed by atoms with Crippen molar-refractivity contribution in [2.75, 3.05) is 0 Å². The lowest BCUT2D eigenvalue weighted by Gasteiger charge is -2.06. The minimum atomic E-state index is 0.125. The zero-order valence-corrected chi connectivity index (χ0v) is 13.2. The van der Waals surface area contributed by atoms with Crippen LogP contribution in [0.15, 0.2) is 18.2 Å². The van der Waals surface area contributed by atoms with Gasteiger partial charge in [-0.3, -0.25) is 9.48 Å². The fraction of sp³-hybridized carbons (Fsp3) is 0.333. The van der Waals surface area contributed by atoms with Gasteiger partial charge in [-0.25, -0.2) is 0 Å². The lowest BCUT2D eigenvalue weighted by molar-refractivity contribution is 0.0987. The van der Waals surface area contributed by atoms with Crippen molar-refractivity contribution in [2.24, 2.45) is 0 Å². The molecule has 0 aliphatic carbocycles. The average molecular weight is 311 g/mol. The van der Waals surface area contributed by atoms with E-state index in [2.05, 4.69) is 5.10 Å². The highest BCUT2D eigenvalue weighted by Crippen LogP contribution is 2.24. The Balaban J connectivity index is 2.35. The van der Waals surface area contributed by atoms with Gasteiger partial charge in [0.2, 0.25) is 0 Å². The number of aromatic nitrogens is 2. The van der Waals surface area contributed by atoms with E-state index in [-0.39, 0.29) is 5.78 Å². The number of nitrogens with zero attached hydrogens (tertiary/aromatic N) is 2. The Morgan fingerprint density at radius 3 is 2.55 bits per heavy atom. The molecule has 2 aromatic rings. The molecular weight excluding hydrogens is 295 g/mol. The number of ketones is 1. The molecule has 5 heteroatoms. The van der Waals surface area contributed by atoms with E-state index in [4.69, 9.17) is 23.2 Å². The van der Waals surface area contributed by atoms with E-state index in [9.17, 15) is 4.79 Å². The number of benzene rings is 1. The topological polar surface area (TPSA) is 34.9 Å². The van der Waals surface area contributed by atoms with Crippen LogP contribution in [0.4, 0.5) is 0 Å². The Bertz CT molecular complexity index is 662. The monoisotopic (exact) mass is 310 g/mol. The first-order valence-electron chi connectivity index (χ1n) is 6.45. The molecule has 1 aromatic carbocycles. The summed E-state index contributed by atoms with van der Waals surface area (Å²) < 4.78 is 1.83. The summed E-state index contributed by atoms with van der Waals surface area (Å²) >= 11 is 11.9. The van der Waals surface area contributed by atoms with Gasteiger partial charge in [0.1, 0.15) is 0 Å². The van der Waals surface area contributed by atoms with Gasteiger partial charge in [0.05, 0.1) is 27.8 Å². The quantitative estimate of drug-likeness (QED) is 0.782. The summed E-state index contributed by atoms with van der Waals surface area (Å²) in [6.07, 6.45) is 0.486. The van der Waals surface area contributed by atoms with Gasteiger partial charge < -0.3 is 0 Å². The summed E-state index contributed by atoms with van der Waals surface area (Å²) in [6, 6.07) is 5.50. The van der Waals surface area contributed by atoms with E-state index in [1.807, 2.05) is 37.6 Å². The molecule has 0 bridgehead atoms. The highest BCUT2D eigenvalue weighted by atomic mass is 35.5. The van der Waals surface area contributed by atoms with E-state index in [1.54, 1.807) is 6.07 Å². The van der Waals surface area contributed by atoms with Crippen LogP contribution in [0.2, 0.25) is 10.0 Å². The van der Waals surface area contributed by atoms with E-state index in [0.29, 0.717) is 23.0 Å². The first kappa shape index (κ1) is 15.1. The highest BCUT2D eigenvalue weighted by Gasteiger charge is 2.17. The molecule has 0 radical (unpaired) electrons. The van der Waals surface area contributed by atoms with E-state index in [0.717, 1.165) is 22.5 Å². The van der Waals surface area contributed by atoms with Crippen LogP contribution in [0.25, 0.3) is 0 Å². The highest BCUT2D eigenvalue weighted by molar-refractivity contribution is 6.42. The van der Waals surface area contributed by atoms with Crippen LogP contribution in [-0.2, 0) is 6.54 Å². The Labute approximate surface area is 128 Å². The fourth-order valence-corrected chi connectivity index (χ4v) is 2.56. The molecule has 0 unspecified atom stereocenters. The van der Waals surface area contributed by atoms with Crippen LogP contribution in [0, 0.1) is 13.8 Å². The molecule has 0 saturated carbocycles. The van der Waals surface area contributed by atoms with Gasteiger partial charge in [0.25, 0.3) is 0 Å². The first-order chi connectivity index (χ1) is 9.43. The van der Waals surface area contributed by atoms with Crippen molar-refractivity contribution < 1.29 is 4.79 Å². The summed E-state index contributed by atoms with van der Waals surface area (Å²) in [5.74, 6) is 0.125. The van der Waals surface area contributed by atoms with Crippen LogP contribution < -0.4 is 0 Å². The van der Waals surface area contributed by atoms with Gasteiger partial charge in [-0.1, -0.05) is 36.2 Å². The minimum absolute atomic E-state index is 0.125. The van der Waals surface area contributed by atoms with Gasteiger partial charge >= 0.3 is 0 Å². The maximum atomic E-state index is 11.9. The summed E-state index contributed by atoms with van der Waals surface area (Å²) in [6.45, 7) is 6.21. The summed E-state index contributed by atoms with van der Waals surface area (Å²) in [5, 5.41) is 5.50. The summed E-state index contributed by atoms with van der Waals surface area (Å²) in [5.41, 5.74) is 3.39. The second kappa shape index (κ2) is 5.98. The zero-order chi connectivity index (χ0) is 14.9. The molecule has 3 nitrogen and oxygen atoms in total. The number of aryl methyl sites for hydroxylation is 1. The van der Waals surface area contributed by atoms with Crippen molar-refractivity contribution in [2.45, 2.75) is 33.7 Å². The molecule has 0 atom stereocenters. The van der Waals surface area contributed by atoms with Crippen LogP contribution >= 0.6 is 23.2 Å². The maximum Gasteiger partial charge on any atom is 0.166 e. The van der Waals surface area contributed by atoms with Crippen LogP contribution in [0.3, 0.4) is 0 Å². The van der Waals surface area contributed by atoms with Crippen molar-refractivity contribution in [3.63, 3.8) is 0 Å². The zero-order valence-electron chi connectivity index (χ0n) is 11.7. The summed E-state index contributed by atoms with van der Waals surface area (Å²) in [4.78, 5) is 11.9. The second-order valence-electron chi connectivity index (χ2n) is 4.73. The number of carbonyl (C=O) groups is 1. The number of rotatable bonds is 4. The molecule has 0 amide bonds. The number of Topliss-reactive ketones (excluding diaryl/α,β-unsaturated/α-hetero) is 1. The third kappa shape index (κ3) is 2.89. The molecule has 2 rings (SSSR count). The molecule has 0 aliphatic heterocycles. The molecule has 20 heavy (non-hydrogen) atoms. The lowest BCUT2D eigenvalue weighted by Crippen LogP contribution is -2.05. The van der Waals surface area contributed by atoms with Gasteiger partial charge in [-0.15, -0.1) is 0 Å². The van der Waals surface area contributed by atoms with Crippen molar-refractivity contribution in [3.05, 3.63) is 50.8 Å². The van der Waals surface area contributed by atoms with Crippen molar-refractivity contribution >= 4 is 29.0 Å². The molecule has 0 fully saturated rings. The maximum absolute atomic E-state index is 11.9. The number of hydrogen-bond acceptors (Lipinski definition) is 2. The molecule has 1 aromatic heterocycles. The molecule has 0 N–H and O–H groups in total. The molecular formula is C15H16Cl2N2O. The van der Waals surface area contributed by atoms with E-state index in [1.165, 1.54) is 0 Å². The molecule has 0 aliphatic rings. The SMILES string of the molecule is CCC(=O)c1c(C)nn(Cc2ccc(Cl)c(Cl)c2)c1C. The first-order valence-corrected chi connectivity index (χ1v) is 7.20.